The smallest absolute Gasteiger partial charge is 0.347 e. The van der Waals surface area contributed by atoms with Crippen molar-refractivity contribution in [2.45, 2.75) is 25.2 Å². The molecule has 0 spiro atoms. The van der Waals surface area contributed by atoms with Crippen LogP contribution in [0.5, 0.6) is 0 Å². The average molecular weight is 266 g/mol. The lowest BCUT2D eigenvalue weighted by Gasteiger charge is -2.19. The van der Waals surface area contributed by atoms with Gasteiger partial charge in [-0.1, -0.05) is 0 Å². The Bertz CT molecular complexity index is 249. The first-order valence-corrected chi connectivity index (χ1v) is 4.66. The molecule has 1 atom stereocenters. The van der Waals surface area contributed by atoms with Gasteiger partial charge in [-0.15, -0.1) is 0 Å². The van der Waals surface area contributed by atoms with Gasteiger partial charge in [-0.05, 0) is 13.0 Å². The molecule has 0 aliphatic carbocycles. The van der Waals surface area contributed by atoms with E-state index in [1.165, 1.54) is 5.32 Å². The number of hydrogen-bond acceptors (Lipinski definition) is 2. The Kier molecular flexibility index (Phi) is 5.73. The second kappa shape index (κ2) is 6.08. The van der Waals surface area contributed by atoms with Crippen molar-refractivity contribution in [2.75, 3.05) is 13.1 Å². The normalized spacial score (nSPS) is 14.5. The van der Waals surface area contributed by atoms with Gasteiger partial charge in [-0.3, -0.25) is 4.79 Å². The first-order valence-electron chi connectivity index (χ1n) is 4.66. The van der Waals surface area contributed by atoms with Crippen molar-refractivity contribution in [1.82, 2.24) is 5.32 Å². The van der Waals surface area contributed by atoms with Crippen LogP contribution in [0.25, 0.3) is 0 Å². The van der Waals surface area contributed by atoms with Crippen molar-refractivity contribution in [1.29, 1.82) is 0 Å². The quantitative estimate of drug-likeness (QED) is 0.742. The zero-order chi connectivity index (χ0) is 13.7. The topological polar surface area (TPSA) is 55.1 Å². The molecule has 0 aromatic rings. The predicted molar refractivity (Wildman–Crippen MR) is 46.9 cm³/mol. The molecule has 9 heteroatoms. The van der Waals surface area contributed by atoms with Crippen LogP contribution in [0.3, 0.4) is 0 Å². The summed E-state index contributed by atoms with van der Waals surface area (Å²) < 4.78 is 71.9. The number of nitrogens with two attached hydrogens (primary N) is 1. The molecule has 1 amide bonds. The summed E-state index contributed by atoms with van der Waals surface area (Å²) in [4.78, 5) is 10.9. The van der Waals surface area contributed by atoms with Crippen LogP contribution in [-0.4, -0.2) is 31.3 Å². The van der Waals surface area contributed by atoms with Crippen LogP contribution in [0.1, 0.15) is 12.8 Å². The summed E-state index contributed by atoms with van der Waals surface area (Å²) in [7, 11) is 0. The van der Waals surface area contributed by atoms with Gasteiger partial charge in [0.1, 0.15) is 6.54 Å². The monoisotopic (exact) mass is 266 g/mol. The highest BCUT2D eigenvalue weighted by Crippen LogP contribution is 2.31. The molecule has 0 aliphatic rings. The van der Waals surface area contributed by atoms with E-state index >= 15 is 0 Å². The van der Waals surface area contributed by atoms with E-state index in [4.69, 9.17) is 5.73 Å². The Morgan fingerprint density at radius 1 is 1.18 bits per heavy atom. The maximum absolute atomic E-state index is 12.3. The molecule has 17 heavy (non-hydrogen) atoms. The van der Waals surface area contributed by atoms with Crippen molar-refractivity contribution in [3.05, 3.63) is 0 Å². The Morgan fingerprint density at radius 3 is 2.06 bits per heavy atom. The van der Waals surface area contributed by atoms with E-state index in [0.717, 1.165) is 0 Å². The minimum absolute atomic E-state index is 0.295. The fourth-order valence-electron chi connectivity index (χ4n) is 1.08. The number of carbonyl (C=O) groups excluding carboxylic acids is 1. The van der Waals surface area contributed by atoms with Crippen LogP contribution >= 0.6 is 0 Å². The van der Waals surface area contributed by atoms with Crippen LogP contribution < -0.4 is 11.1 Å². The number of alkyl halides is 6. The third-order valence-corrected chi connectivity index (χ3v) is 1.90. The van der Waals surface area contributed by atoms with E-state index in [0.29, 0.717) is 0 Å². The highest BCUT2D eigenvalue weighted by Gasteiger charge is 2.40. The van der Waals surface area contributed by atoms with Crippen LogP contribution in [0.2, 0.25) is 0 Å². The van der Waals surface area contributed by atoms with E-state index in [9.17, 15) is 31.1 Å². The molecule has 0 heterocycles. The maximum Gasteiger partial charge on any atom is 0.405 e. The minimum atomic E-state index is -4.64. The minimum Gasteiger partial charge on any atom is -0.347 e. The molecule has 0 rings (SSSR count). The summed E-state index contributed by atoms with van der Waals surface area (Å²) in [5.74, 6) is -3.31. The molecule has 0 aromatic carbocycles. The van der Waals surface area contributed by atoms with E-state index in [-0.39, 0.29) is 6.54 Å². The van der Waals surface area contributed by atoms with Crippen LogP contribution in [-0.2, 0) is 4.79 Å². The zero-order valence-corrected chi connectivity index (χ0v) is 8.66. The third kappa shape index (κ3) is 7.83. The first kappa shape index (κ1) is 16.0. The fraction of sp³-hybridized carbons (Fsp3) is 0.875. The molecular weight excluding hydrogens is 254 g/mol. The maximum atomic E-state index is 12.3. The Hall–Kier alpha value is -0.990. The summed E-state index contributed by atoms with van der Waals surface area (Å²) >= 11 is 0. The van der Waals surface area contributed by atoms with Crippen molar-refractivity contribution in [3.63, 3.8) is 0 Å². The summed E-state index contributed by atoms with van der Waals surface area (Å²) in [6.07, 6.45) is -10.8. The summed E-state index contributed by atoms with van der Waals surface area (Å²) in [6, 6.07) is 0. The molecule has 0 aliphatic heterocycles. The van der Waals surface area contributed by atoms with E-state index in [1.54, 1.807) is 0 Å². The summed E-state index contributed by atoms with van der Waals surface area (Å²) in [5, 5.41) is 1.38. The van der Waals surface area contributed by atoms with Gasteiger partial charge in [0, 0.05) is 6.42 Å². The van der Waals surface area contributed by atoms with Gasteiger partial charge in [0.2, 0.25) is 5.91 Å². The van der Waals surface area contributed by atoms with Gasteiger partial charge in [-0.25, -0.2) is 0 Å². The van der Waals surface area contributed by atoms with Crippen molar-refractivity contribution >= 4 is 5.91 Å². The van der Waals surface area contributed by atoms with Gasteiger partial charge in [0.25, 0.3) is 0 Å². The van der Waals surface area contributed by atoms with Crippen LogP contribution in [0.4, 0.5) is 26.3 Å². The lowest BCUT2D eigenvalue weighted by atomic mass is 10.0. The third-order valence-electron chi connectivity index (χ3n) is 1.90. The Balaban J connectivity index is 4.23. The molecule has 0 radical (unpaired) electrons. The first-order chi connectivity index (χ1) is 7.56. The predicted octanol–water partition coefficient (Wildman–Crippen LogP) is 1.58. The number of rotatable bonds is 5. The molecule has 0 saturated heterocycles. The largest absolute Gasteiger partial charge is 0.405 e. The zero-order valence-electron chi connectivity index (χ0n) is 8.66. The molecule has 0 aromatic heterocycles. The lowest BCUT2D eigenvalue weighted by Crippen LogP contribution is -2.37. The second-order valence-electron chi connectivity index (χ2n) is 3.41. The highest BCUT2D eigenvalue weighted by atomic mass is 19.4. The van der Waals surface area contributed by atoms with E-state index < -0.39 is 43.6 Å². The Morgan fingerprint density at radius 2 is 1.71 bits per heavy atom. The number of halogens is 6. The second-order valence-corrected chi connectivity index (χ2v) is 3.41. The van der Waals surface area contributed by atoms with E-state index in [2.05, 4.69) is 0 Å². The molecule has 3 N–H and O–H groups in total. The highest BCUT2D eigenvalue weighted by molar-refractivity contribution is 5.76. The van der Waals surface area contributed by atoms with Crippen LogP contribution in [0, 0.1) is 5.92 Å². The number of hydrogen-bond donors (Lipinski definition) is 2. The molecular formula is C8H12F6N2O. The summed E-state index contributed by atoms with van der Waals surface area (Å²) in [6.45, 7) is -1.93. The summed E-state index contributed by atoms with van der Waals surface area (Å²) in [5.41, 5.74) is 4.93. The average Bonchev–Trinajstić information content (AvgIpc) is 2.11. The van der Waals surface area contributed by atoms with Crippen molar-refractivity contribution in [3.8, 4) is 0 Å². The van der Waals surface area contributed by atoms with Crippen LogP contribution in [0.15, 0.2) is 0 Å². The van der Waals surface area contributed by atoms with Gasteiger partial charge >= 0.3 is 12.4 Å². The lowest BCUT2D eigenvalue weighted by molar-refractivity contribution is -0.180. The van der Waals surface area contributed by atoms with Crippen molar-refractivity contribution in [2.24, 2.45) is 11.7 Å². The molecule has 0 bridgehead atoms. The molecule has 1 unspecified atom stereocenters. The fourth-order valence-corrected chi connectivity index (χ4v) is 1.08. The Labute approximate surface area is 93.3 Å². The van der Waals surface area contributed by atoms with Gasteiger partial charge in [0.05, 0.1) is 5.92 Å². The van der Waals surface area contributed by atoms with Gasteiger partial charge < -0.3 is 11.1 Å². The van der Waals surface area contributed by atoms with Gasteiger partial charge in [0.15, 0.2) is 0 Å². The molecule has 0 fully saturated rings. The molecule has 102 valence electrons. The number of amides is 1. The van der Waals surface area contributed by atoms with Gasteiger partial charge in [-0.2, -0.15) is 26.3 Å². The number of carbonyl (C=O) groups is 1. The molecule has 0 saturated carbocycles. The van der Waals surface area contributed by atoms with Crippen molar-refractivity contribution < 1.29 is 31.1 Å². The molecule has 3 nitrogen and oxygen atoms in total. The standard InChI is InChI=1S/C8H12F6N2O/c9-7(10,11)4-16-6(17)3-5(1-2-15)8(12,13)14/h5H,1-4,15H2,(H,16,17). The number of nitrogens with one attached hydrogen (secondary N) is 1. The van der Waals surface area contributed by atoms with E-state index in [1.807, 2.05) is 0 Å². The SMILES string of the molecule is NCCC(CC(=O)NCC(F)(F)F)C(F)(F)F.